The van der Waals surface area contributed by atoms with Gasteiger partial charge in [-0.05, 0) is 42.4 Å². The van der Waals surface area contributed by atoms with Gasteiger partial charge in [-0.25, -0.2) is 9.59 Å². The van der Waals surface area contributed by atoms with Crippen LogP contribution >= 0.6 is 0 Å². The number of carbonyl (C=O) groups excluding carboxylic acids is 2. The monoisotopic (exact) mass is 330 g/mol. The second kappa shape index (κ2) is 9.26. The molecule has 0 bridgehead atoms. The van der Waals surface area contributed by atoms with Gasteiger partial charge in [0.1, 0.15) is 5.57 Å². The first-order valence-electron chi connectivity index (χ1n) is 8.80. The fourth-order valence-electron chi connectivity index (χ4n) is 2.74. The Labute approximate surface area is 143 Å². The molecule has 0 heterocycles. The predicted molar refractivity (Wildman–Crippen MR) is 92.6 cm³/mol. The molecule has 130 valence electrons. The van der Waals surface area contributed by atoms with Crippen LogP contribution in [0.2, 0.25) is 0 Å². The molecule has 1 aliphatic rings. The van der Waals surface area contributed by atoms with Crippen LogP contribution in [-0.4, -0.2) is 25.2 Å². The Bertz CT molecular complexity index is 565. The molecule has 1 aliphatic carbocycles. The summed E-state index contributed by atoms with van der Waals surface area (Å²) >= 11 is 0. The molecule has 0 atom stereocenters. The maximum absolute atomic E-state index is 12.4. The summed E-state index contributed by atoms with van der Waals surface area (Å²) in [5.41, 5.74) is 3.22. The van der Waals surface area contributed by atoms with Gasteiger partial charge < -0.3 is 9.47 Å². The van der Waals surface area contributed by atoms with Crippen molar-refractivity contribution in [2.45, 2.75) is 52.4 Å². The first-order chi connectivity index (χ1) is 11.7. The second-order valence-electron chi connectivity index (χ2n) is 6.08. The van der Waals surface area contributed by atoms with Crippen molar-refractivity contribution in [3.63, 3.8) is 0 Å². The van der Waals surface area contributed by atoms with Crippen LogP contribution < -0.4 is 0 Å². The lowest BCUT2D eigenvalue weighted by Crippen LogP contribution is -2.21. The molecule has 0 amide bonds. The van der Waals surface area contributed by atoms with Gasteiger partial charge in [0.15, 0.2) is 0 Å². The topological polar surface area (TPSA) is 52.6 Å². The summed E-state index contributed by atoms with van der Waals surface area (Å²) in [6.45, 7) is 4.72. The van der Waals surface area contributed by atoms with Crippen LogP contribution in [0.1, 0.15) is 50.7 Å². The van der Waals surface area contributed by atoms with Crippen LogP contribution in [0.5, 0.6) is 0 Å². The molecule has 4 nitrogen and oxygen atoms in total. The Balaban J connectivity index is 2.18. The molecule has 0 N–H and O–H groups in total. The smallest absolute Gasteiger partial charge is 0.345 e. The van der Waals surface area contributed by atoms with Gasteiger partial charge in [0.2, 0.25) is 0 Å². The molecule has 1 aromatic carbocycles. The Morgan fingerprint density at radius 2 is 1.33 bits per heavy atom. The standard InChI is InChI=1S/C20H26O4/c1-3-5-11-23-19(21)18(20(22)24-12-6-4-2)17-13-15-9-7-8-10-16(15)14-17/h7-10H,3-6,11-14H2,1-2H3. The number of ether oxygens (including phenoxy) is 2. The minimum absolute atomic E-state index is 0.0957. The molecular weight excluding hydrogens is 304 g/mol. The lowest BCUT2D eigenvalue weighted by atomic mass is 10.1. The Morgan fingerprint density at radius 1 is 0.875 bits per heavy atom. The molecule has 0 fully saturated rings. The lowest BCUT2D eigenvalue weighted by Gasteiger charge is -2.11. The van der Waals surface area contributed by atoms with E-state index in [0.717, 1.165) is 42.4 Å². The lowest BCUT2D eigenvalue weighted by molar-refractivity contribution is -0.147. The molecule has 0 aromatic heterocycles. The van der Waals surface area contributed by atoms with Gasteiger partial charge >= 0.3 is 11.9 Å². The maximum Gasteiger partial charge on any atom is 0.345 e. The zero-order chi connectivity index (χ0) is 17.4. The minimum Gasteiger partial charge on any atom is -0.462 e. The molecule has 0 unspecified atom stereocenters. The van der Waals surface area contributed by atoms with E-state index in [2.05, 4.69) is 0 Å². The third kappa shape index (κ3) is 4.70. The van der Waals surface area contributed by atoms with Crippen molar-refractivity contribution in [3.05, 3.63) is 46.5 Å². The number of hydrogen-bond donors (Lipinski definition) is 0. The average molecular weight is 330 g/mol. The number of benzene rings is 1. The summed E-state index contributed by atoms with van der Waals surface area (Å²) in [6, 6.07) is 8.01. The summed E-state index contributed by atoms with van der Waals surface area (Å²) in [5.74, 6) is -1.10. The van der Waals surface area contributed by atoms with Gasteiger partial charge in [-0.2, -0.15) is 0 Å². The summed E-state index contributed by atoms with van der Waals surface area (Å²) in [6.07, 6.45) is 4.67. The van der Waals surface area contributed by atoms with Gasteiger partial charge in [-0.3, -0.25) is 0 Å². The van der Waals surface area contributed by atoms with Crippen LogP contribution in [0.25, 0.3) is 0 Å². The maximum atomic E-state index is 12.4. The number of carbonyl (C=O) groups is 2. The van der Waals surface area contributed by atoms with Crippen molar-refractivity contribution in [1.82, 2.24) is 0 Å². The van der Waals surface area contributed by atoms with E-state index < -0.39 is 11.9 Å². The van der Waals surface area contributed by atoms with E-state index in [1.54, 1.807) is 0 Å². The molecule has 2 rings (SSSR count). The highest BCUT2D eigenvalue weighted by Crippen LogP contribution is 2.29. The highest BCUT2D eigenvalue weighted by atomic mass is 16.6. The number of hydrogen-bond acceptors (Lipinski definition) is 4. The van der Waals surface area contributed by atoms with Gasteiger partial charge in [-0.1, -0.05) is 51.0 Å². The van der Waals surface area contributed by atoms with Crippen molar-refractivity contribution in [1.29, 1.82) is 0 Å². The minimum atomic E-state index is -0.548. The highest BCUT2D eigenvalue weighted by Gasteiger charge is 2.29. The summed E-state index contributed by atoms with van der Waals surface area (Å²) in [5, 5.41) is 0. The van der Waals surface area contributed by atoms with Crippen molar-refractivity contribution in [2.24, 2.45) is 0 Å². The van der Waals surface area contributed by atoms with Crippen LogP contribution in [0, 0.1) is 0 Å². The molecular formula is C20H26O4. The van der Waals surface area contributed by atoms with Gasteiger partial charge in [0, 0.05) is 0 Å². The Hall–Kier alpha value is -2.10. The van der Waals surface area contributed by atoms with E-state index in [0.29, 0.717) is 26.1 Å². The normalized spacial score (nSPS) is 12.7. The van der Waals surface area contributed by atoms with E-state index >= 15 is 0 Å². The Kier molecular flexibility index (Phi) is 7.04. The summed E-state index contributed by atoms with van der Waals surface area (Å²) in [4.78, 5) is 24.9. The number of esters is 2. The SMILES string of the molecule is CCCCOC(=O)C(C(=O)OCCCC)=C1Cc2ccccc2C1. The van der Waals surface area contributed by atoms with E-state index in [4.69, 9.17) is 9.47 Å². The Morgan fingerprint density at radius 3 is 1.75 bits per heavy atom. The predicted octanol–water partition coefficient (Wildman–Crippen LogP) is 3.77. The van der Waals surface area contributed by atoms with Gasteiger partial charge in [0.25, 0.3) is 0 Å². The average Bonchev–Trinajstić information content (AvgIpc) is 2.99. The molecule has 0 aliphatic heterocycles. The van der Waals surface area contributed by atoms with Crippen molar-refractivity contribution < 1.29 is 19.1 Å². The van der Waals surface area contributed by atoms with Crippen LogP contribution in [0.4, 0.5) is 0 Å². The molecule has 1 aromatic rings. The second-order valence-corrected chi connectivity index (χ2v) is 6.08. The molecule has 0 spiro atoms. The summed E-state index contributed by atoms with van der Waals surface area (Å²) in [7, 11) is 0. The number of unbranched alkanes of at least 4 members (excludes halogenated alkanes) is 2. The van der Waals surface area contributed by atoms with Crippen molar-refractivity contribution >= 4 is 11.9 Å². The molecule has 4 heteroatoms. The van der Waals surface area contributed by atoms with E-state index in [-0.39, 0.29) is 5.57 Å². The van der Waals surface area contributed by atoms with Gasteiger partial charge in [0.05, 0.1) is 13.2 Å². The first kappa shape index (κ1) is 18.2. The fourth-order valence-corrected chi connectivity index (χ4v) is 2.74. The van der Waals surface area contributed by atoms with E-state index in [1.807, 2.05) is 38.1 Å². The molecule has 0 radical (unpaired) electrons. The molecule has 24 heavy (non-hydrogen) atoms. The third-order valence-electron chi connectivity index (χ3n) is 4.15. The largest absolute Gasteiger partial charge is 0.462 e. The zero-order valence-corrected chi connectivity index (χ0v) is 14.6. The third-order valence-corrected chi connectivity index (χ3v) is 4.15. The van der Waals surface area contributed by atoms with E-state index in [1.165, 1.54) is 0 Å². The van der Waals surface area contributed by atoms with Crippen LogP contribution in [-0.2, 0) is 31.9 Å². The van der Waals surface area contributed by atoms with Gasteiger partial charge in [-0.15, -0.1) is 0 Å². The number of allylic oxidation sites excluding steroid dienone is 1. The zero-order valence-electron chi connectivity index (χ0n) is 14.6. The fraction of sp³-hybridized carbons (Fsp3) is 0.500. The molecule has 0 saturated carbocycles. The summed E-state index contributed by atoms with van der Waals surface area (Å²) < 4.78 is 10.6. The highest BCUT2D eigenvalue weighted by molar-refractivity contribution is 6.15. The number of fused-ring (bicyclic) bond motifs is 1. The van der Waals surface area contributed by atoms with Crippen molar-refractivity contribution in [2.75, 3.05) is 13.2 Å². The van der Waals surface area contributed by atoms with Crippen molar-refractivity contribution in [3.8, 4) is 0 Å². The molecule has 0 saturated heterocycles. The first-order valence-corrected chi connectivity index (χ1v) is 8.80. The van der Waals surface area contributed by atoms with E-state index in [9.17, 15) is 9.59 Å². The quantitative estimate of drug-likeness (QED) is 0.239. The van der Waals surface area contributed by atoms with Crippen LogP contribution in [0.15, 0.2) is 35.4 Å². The van der Waals surface area contributed by atoms with Crippen LogP contribution in [0.3, 0.4) is 0 Å². The number of rotatable bonds is 8.